The van der Waals surface area contributed by atoms with Crippen molar-refractivity contribution in [2.75, 3.05) is 13.2 Å². The van der Waals surface area contributed by atoms with E-state index in [4.69, 9.17) is 14.6 Å². The van der Waals surface area contributed by atoms with Crippen LogP contribution in [0.25, 0.3) is 0 Å². The Hall–Kier alpha value is -2.53. The number of carboxylic acids is 1. The van der Waals surface area contributed by atoms with Gasteiger partial charge in [-0.25, -0.2) is 4.79 Å². The molecule has 0 aliphatic rings. The van der Waals surface area contributed by atoms with Gasteiger partial charge < -0.3 is 19.7 Å². The topological polar surface area (TPSA) is 76.0 Å². The van der Waals surface area contributed by atoms with Gasteiger partial charge in [-0.1, -0.05) is 30.3 Å². The number of hydrogen-bond acceptors (Lipinski definition) is 4. The van der Waals surface area contributed by atoms with Gasteiger partial charge in [-0.3, -0.25) is 0 Å². The summed E-state index contributed by atoms with van der Waals surface area (Å²) in [5.74, 6) is -0.128. The summed E-state index contributed by atoms with van der Waals surface area (Å²) >= 11 is 0. The second-order valence-corrected chi connectivity index (χ2v) is 4.26. The minimum absolute atomic E-state index is 0.0983. The molecule has 0 saturated carbocycles. The van der Waals surface area contributed by atoms with E-state index in [1.54, 1.807) is 30.3 Å². The normalized spacial score (nSPS) is 10.1. The predicted octanol–water partition coefficient (Wildman–Crippen LogP) is 2.33. The van der Waals surface area contributed by atoms with E-state index in [0.29, 0.717) is 17.1 Å². The predicted molar refractivity (Wildman–Crippen MR) is 76.8 cm³/mol. The van der Waals surface area contributed by atoms with Crippen molar-refractivity contribution in [1.29, 1.82) is 0 Å². The minimum atomic E-state index is -1.03. The zero-order chi connectivity index (χ0) is 15.1. The van der Waals surface area contributed by atoms with Crippen LogP contribution in [0.1, 0.15) is 15.9 Å². The second-order valence-electron chi connectivity index (χ2n) is 4.26. The zero-order valence-electron chi connectivity index (χ0n) is 11.4. The average Bonchev–Trinajstić information content (AvgIpc) is 2.52. The molecule has 0 bridgehead atoms. The van der Waals surface area contributed by atoms with Gasteiger partial charge in [0.25, 0.3) is 0 Å². The molecule has 2 aromatic rings. The highest BCUT2D eigenvalue weighted by atomic mass is 16.5. The molecule has 0 fully saturated rings. The average molecular weight is 288 g/mol. The molecular formula is C16H16O5. The first-order valence-corrected chi connectivity index (χ1v) is 6.49. The summed E-state index contributed by atoms with van der Waals surface area (Å²) in [4.78, 5) is 11.0. The molecule has 0 atom stereocenters. The zero-order valence-corrected chi connectivity index (χ0v) is 11.4. The first-order valence-electron chi connectivity index (χ1n) is 6.49. The summed E-state index contributed by atoms with van der Waals surface area (Å²) < 4.78 is 10.9. The summed E-state index contributed by atoms with van der Waals surface area (Å²) in [5.41, 5.74) is 0.816. The van der Waals surface area contributed by atoms with Gasteiger partial charge in [0.05, 0.1) is 6.61 Å². The Balaban J connectivity index is 1.89. The molecular weight excluding hydrogens is 272 g/mol. The summed E-state index contributed by atoms with van der Waals surface area (Å²) in [7, 11) is 0. The van der Waals surface area contributed by atoms with Gasteiger partial charge in [-0.05, 0) is 18.2 Å². The maximum atomic E-state index is 11.0. The van der Waals surface area contributed by atoms with Gasteiger partial charge in [0, 0.05) is 5.56 Å². The maximum Gasteiger partial charge on any atom is 0.339 e. The fourth-order valence-electron chi connectivity index (χ4n) is 1.85. The number of benzene rings is 2. The number of hydrogen-bond donors (Lipinski definition) is 2. The smallest absolute Gasteiger partial charge is 0.339 e. The molecule has 5 heteroatoms. The first kappa shape index (κ1) is 14.9. The maximum absolute atomic E-state index is 11.0. The van der Waals surface area contributed by atoms with Crippen LogP contribution in [0.2, 0.25) is 0 Å². The molecule has 0 aliphatic heterocycles. The number of carboxylic acid groups (broad SMARTS) is 1. The summed E-state index contributed by atoms with van der Waals surface area (Å²) in [5, 5.41) is 18.2. The lowest BCUT2D eigenvalue weighted by Crippen LogP contribution is -2.12. The van der Waals surface area contributed by atoms with Crippen LogP contribution in [0.3, 0.4) is 0 Å². The lowest BCUT2D eigenvalue weighted by molar-refractivity contribution is 0.0691. The molecule has 2 N–H and O–H groups in total. The van der Waals surface area contributed by atoms with Crippen molar-refractivity contribution < 1.29 is 24.5 Å². The van der Waals surface area contributed by atoms with E-state index in [1.165, 1.54) is 6.07 Å². The van der Waals surface area contributed by atoms with Crippen LogP contribution in [0.15, 0.2) is 48.5 Å². The third-order valence-electron chi connectivity index (χ3n) is 2.86. The fourth-order valence-corrected chi connectivity index (χ4v) is 1.85. The highest BCUT2D eigenvalue weighted by Gasteiger charge is 2.10. The molecule has 21 heavy (non-hydrogen) atoms. The van der Waals surface area contributed by atoms with Gasteiger partial charge in [-0.2, -0.15) is 0 Å². The molecule has 0 heterocycles. The van der Waals surface area contributed by atoms with Crippen molar-refractivity contribution in [3.63, 3.8) is 0 Å². The molecule has 0 saturated heterocycles. The van der Waals surface area contributed by atoms with Gasteiger partial charge in [0.1, 0.15) is 30.3 Å². The van der Waals surface area contributed by atoms with Crippen LogP contribution in [-0.4, -0.2) is 29.4 Å². The van der Waals surface area contributed by atoms with E-state index in [1.807, 2.05) is 12.1 Å². The van der Waals surface area contributed by atoms with Crippen molar-refractivity contribution in [1.82, 2.24) is 0 Å². The third-order valence-corrected chi connectivity index (χ3v) is 2.86. The van der Waals surface area contributed by atoms with Crippen LogP contribution in [-0.2, 0) is 6.61 Å². The molecule has 0 aliphatic carbocycles. The Bertz CT molecular complexity index is 609. The van der Waals surface area contributed by atoms with Crippen LogP contribution in [0.4, 0.5) is 0 Å². The Morgan fingerprint density at radius 2 is 1.48 bits per heavy atom. The van der Waals surface area contributed by atoms with E-state index in [0.717, 1.165) is 0 Å². The number of aliphatic hydroxyl groups is 1. The van der Waals surface area contributed by atoms with E-state index < -0.39 is 5.97 Å². The number of carbonyl (C=O) groups is 1. The van der Waals surface area contributed by atoms with Crippen molar-refractivity contribution in [2.45, 2.75) is 6.61 Å². The highest BCUT2D eigenvalue weighted by molar-refractivity contribution is 5.90. The number of para-hydroxylation sites is 2. The van der Waals surface area contributed by atoms with E-state index in [-0.39, 0.29) is 25.4 Å². The Kier molecular flexibility index (Phi) is 5.17. The number of rotatable bonds is 7. The van der Waals surface area contributed by atoms with Crippen LogP contribution in [0, 0.1) is 0 Å². The largest absolute Gasteiger partial charge is 0.490 e. The monoisotopic (exact) mass is 288 g/mol. The van der Waals surface area contributed by atoms with Crippen molar-refractivity contribution in [2.24, 2.45) is 0 Å². The molecule has 0 unspecified atom stereocenters. The van der Waals surface area contributed by atoms with Gasteiger partial charge in [0.15, 0.2) is 0 Å². The quantitative estimate of drug-likeness (QED) is 0.765. The Morgan fingerprint density at radius 1 is 0.905 bits per heavy atom. The molecule has 0 radical (unpaired) electrons. The first-order chi connectivity index (χ1) is 10.2. The standard InChI is InChI=1S/C16H16O5/c17-11-12-5-1-3-7-14(12)20-9-10-21-15-8-4-2-6-13(15)16(18)19/h1-8,17H,9-11H2,(H,18,19). The second kappa shape index (κ2) is 7.31. The Morgan fingerprint density at radius 3 is 2.14 bits per heavy atom. The summed E-state index contributed by atoms with van der Waals surface area (Å²) in [6, 6.07) is 13.6. The lowest BCUT2D eigenvalue weighted by Gasteiger charge is -2.12. The summed E-state index contributed by atoms with van der Waals surface area (Å²) in [6.07, 6.45) is 0. The minimum Gasteiger partial charge on any atom is -0.490 e. The third kappa shape index (κ3) is 3.97. The Labute approximate surface area is 122 Å². The number of aliphatic hydroxyl groups excluding tert-OH is 1. The van der Waals surface area contributed by atoms with Gasteiger partial charge in [-0.15, -0.1) is 0 Å². The highest BCUT2D eigenvalue weighted by Crippen LogP contribution is 2.19. The SMILES string of the molecule is O=C(O)c1ccccc1OCCOc1ccccc1CO. The fraction of sp³-hybridized carbons (Fsp3) is 0.188. The van der Waals surface area contributed by atoms with Gasteiger partial charge in [0.2, 0.25) is 0 Å². The van der Waals surface area contributed by atoms with E-state index in [2.05, 4.69) is 0 Å². The van der Waals surface area contributed by atoms with E-state index in [9.17, 15) is 9.90 Å². The van der Waals surface area contributed by atoms with Crippen molar-refractivity contribution in [3.05, 3.63) is 59.7 Å². The van der Waals surface area contributed by atoms with E-state index >= 15 is 0 Å². The molecule has 110 valence electrons. The number of ether oxygens (including phenoxy) is 2. The number of aromatic carboxylic acids is 1. The molecule has 0 aromatic heterocycles. The lowest BCUT2D eigenvalue weighted by atomic mass is 10.2. The van der Waals surface area contributed by atoms with Crippen LogP contribution in [0.5, 0.6) is 11.5 Å². The molecule has 5 nitrogen and oxygen atoms in total. The van der Waals surface area contributed by atoms with Crippen molar-refractivity contribution >= 4 is 5.97 Å². The molecule has 2 rings (SSSR count). The van der Waals surface area contributed by atoms with Crippen LogP contribution < -0.4 is 9.47 Å². The van der Waals surface area contributed by atoms with Gasteiger partial charge >= 0.3 is 5.97 Å². The van der Waals surface area contributed by atoms with Crippen LogP contribution >= 0.6 is 0 Å². The molecule has 0 amide bonds. The van der Waals surface area contributed by atoms with Crippen molar-refractivity contribution in [3.8, 4) is 11.5 Å². The molecule has 2 aromatic carbocycles. The molecule has 0 spiro atoms. The summed E-state index contributed by atoms with van der Waals surface area (Å²) in [6.45, 7) is 0.369.